The molecule has 3 heterocycles. The molecule has 0 N–H and O–H groups in total. The van der Waals surface area contributed by atoms with Crippen molar-refractivity contribution in [3.63, 3.8) is 0 Å². The predicted octanol–water partition coefficient (Wildman–Crippen LogP) is 5.47. The zero-order chi connectivity index (χ0) is 28.2. The summed E-state index contributed by atoms with van der Waals surface area (Å²) in [4.78, 5) is 33.4. The summed E-state index contributed by atoms with van der Waals surface area (Å²) in [7, 11) is 0. The highest BCUT2D eigenvalue weighted by Crippen LogP contribution is 2.48. The number of benzene rings is 2. The Kier molecular flexibility index (Phi) is 6.94. The van der Waals surface area contributed by atoms with Crippen molar-refractivity contribution >= 4 is 34.4 Å². The van der Waals surface area contributed by atoms with Crippen molar-refractivity contribution in [3.8, 4) is 11.1 Å². The van der Waals surface area contributed by atoms with Gasteiger partial charge in [-0.15, -0.1) is 11.8 Å². The number of hydrogen-bond donors (Lipinski definition) is 0. The van der Waals surface area contributed by atoms with Crippen LogP contribution in [0, 0.1) is 11.6 Å². The monoisotopic (exact) mass is 564 g/mol. The largest absolute Gasteiger partial charge is 0.417 e. The summed E-state index contributed by atoms with van der Waals surface area (Å²) in [6.07, 6.45) is -3.19. The number of aryl methyl sites for hydroxylation is 1. The smallest absolute Gasteiger partial charge is 0.352 e. The van der Waals surface area contributed by atoms with E-state index < -0.39 is 40.2 Å². The molecule has 1 aromatic heterocycles. The SMILES string of the molecule is C=CC(=O)N1[C@H](C)CN(c2nc(=O)n3c4c(c(-c5ccc(F)cc5F)c(C(F)(F)F)cc24)SCCC3)C[C@@H]1C. The highest BCUT2D eigenvalue weighted by molar-refractivity contribution is 7.99. The lowest BCUT2D eigenvalue weighted by Crippen LogP contribution is -2.58. The zero-order valence-corrected chi connectivity index (χ0v) is 22.0. The molecule has 12 heteroatoms. The summed E-state index contributed by atoms with van der Waals surface area (Å²) >= 11 is 1.11. The highest BCUT2D eigenvalue weighted by Gasteiger charge is 2.39. The van der Waals surface area contributed by atoms with E-state index in [4.69, 9.17) is 0 Å². The van der Waals surface area contributed by atoms with E-state index in [2.05, 4.69) is 11.6 Å². The van der Waals surface area contributed by atoms with E-state index >= 15 is 0 Å². The standard InChI is InChI=1S/C27H25F5N4O2S/c1-4-21(37)36-14(2)12-34(13-15(36)3)25-18-11-19(27(30,31)32)22(17-7-6-16(28)10-20(17)29)24-23(18)35(26(38)33-25)8-5-9-39-24/h4,6-7,10-11,14-15H,1,5,8-9,12-13H2,2-3H3/t14-,15+. The molecule has 39 heavy (non-hydrogen) atoms. The van der Waals surface area contributed by atoms with E-state index in [9.17, 15) is 31.5 Å². The van der Waals surface area contributed by atoms with Crippen LogP contribution in [0.2, 0.25) is 0 Å². The lowest BCUT2D eigenvalue weighted by molar-refractivity contribution is -0.137. The summed E-state index contributed by atoms with van der Waals surface area (Å²) in [5, 5.41) is 0.112. The minimum Gasteiger partial charge on any atom is -0.352 e. The fourth-order valence-electron chi connectivity index (χ4n) is 5.60. The summed E-state index contributed by atoms with van der Waals surface area (Å²) in [5.74, 6) is -1.84. The van der Waals surface area contributed by atoms with Gasteiger partial charge in [0.15, 0.2) is 0 Å². The maximum Gasteiger partial charge on any atom is 0.417 e. The second-order valence-corrected chi connectivity index (χ2v) is 10.9. The minimum absolute atomic E-state index is 0.0797. The third-order valence-electron chi connectivity index (χ3n) is 7.12. The maximum absolute atomic E-state index is 15.0. The lowest BCUT2D eigenvalue weighted by atomic mass is 9.95. The van der Waals surface area contributed by atoms with Gasteiger partial charge in [-0.25, -0.2) is 13.6 Å². The Hall–Kier alpha value is -3.41. The molecule has 2 aromatic carbocycles. The zero-order valence-electron chi connectivity index (χ0n) is 21.2. The van der Waals surface area contributed by atoms with Crippen LogP contribution >= 0.6 is 11.8 Å². The molecule has 1 fully saturated rings. The maximum atomic E-state index is 15.0. The highest BCUT2D eigenvalue weighted by atomic mass is 32.2. The molecular formula is C27H25F5N4O2S. The average Bonchev–Trinajstić information content (AvgIpc) is 3.09. The van der Waals surface area contributed by atoms with Crippen molar-refractivity contribution in [2.24, 2.45) is 0 Å². The van der Waals surface area contributed by atoms with Crippen molar-refractivity contribution in [1.29, 1.82) is 0 Å². The van der Waals surface area contributed by atoms with Crippen LogP contribution in [0.15, 0.2) is 46.6 Å². The third-order valence-corrected chi connectivity index (χ3v) is 8.30. The van der Waals surface area contributed by atoms with Gasteiger partial charge < -0.3 is 9.80 Å². The van der Waals surface area contributed by atoms with E-state index in [1.54, 1.807) is 23.6 Å². The van der Waals surface area contributed by atoms with E-state index in [0.29, 0.717) is 18.2 Å². The summed E-state index contributed by atoms with van der Waals surface area (Å²) < 4.78 is 73.8. The van der Waals surface area contributed by atoms with Gasteiger partial charge in [0, 0.05) is 59.2 Å². The third kappa shape index (κ3) is 4.68. The van der Waals surface area contributed by atoms with Gasteiger partial charge in [-0.3, -0.25) is 9.36 Å². The molecular weight excluding hydrogens is 539 g/mol. The van der Waals surface area contributed by atoms with Crippen LogP contribution in [0.25, 0.3) is 22.0 Å². The number of carbonyl (C=O) groups excluding carboxylic acids is 1. The molecule has 6 nitrogen and oxygen atoms in total. The van der Waals surface area contributed by atoms with Crippen molar-refractivity contribution in [2.45, 2.75) is 50.0 Å². The molecule has 2 aliphatic heterocycles. The molecule has 0 aliphatic carbocycles. The molecule has 1 saturated heterocycles. The lowest BCUT2D eigenvalue weighted by Gasteiger charge is -2.44. The number of halogens is 5. The van der Waals surface area contributed by atoms with Gasteiger partial charge in [0.2, 0.25) is 5.91 Å². The number of hydrogen-bond acceptors (Lipinski definition) is 5. The Morgan fingerprint density at radius 1 is 1.15 bits per heavy atom. The van der Waals surface area contributed by atoms with Gasteiger partial charge in [0.1, 0.15) is 17.5 Å². The van der Waals surface area contributed by atoms with Gasteiger partial charge in [-0.2, -0.15) is 18.2 Å². The summed E-state index contributed by atoms with van der Waals surface area (Å²) in [5.41, 5.74) is -2.31. The van der Waals surface area contributed by atoms with Crippen LogP contribution in [0.5, 0.6) is 0 Å². The molecule has 0 saturated carbocycles. The molecule has 0 bridgehead atoms. The number of piperazine rings is 1. The Labute approximate surface area is 225 Å². The number of aromatic nitrogens is 2. The van der Waals surface area contributed by atoms with Gasteiger partial charge in [0.25, 0.3) is 0 Å². The quantitative estimate of drug-likeness (QED) is 0.312. The van der Waals surface area contributed by atoms with Crippen molar-refractivity contribution in [1.82, 2.24) is 14.5 Å². The van der Waals surface area contributed by atoms with Crippen LogP contribution in [0.4, 0.5) is 27.8 Å². The van der Waals surface area contributed by atoms with E-state index in [-0.39, 0.29) is 59.2 Å². The summed E-state index contributed by atoms with van der Waals surface area (Å²) in [6.45, 7) is 7.84. The second kappa shape index (κ2) is 9.96. The first-order valence-electron chi connectivity index (χ1n) is 12.4. The first kappa shape index (κ1) is 27.2. The Morgan fingerprint density at radius 2 is 1.85 bits per heavy atom. The molecule has 0 spiro atoms. The minimum atomic E-state index is -4.89. The Balaban J connectivity index is 1.82. The second-order valence-electron chi connectivity index (χ2n) is 9.77. The first-order chi connectivity index (χ1) is 18.4. The molecule has 2 atom stereocenters. The van der Waals surface area contributed by atoms with Crippen LogP contribution in [0.3, 0.4) is 0 Å². The molecule has 2 aliphatic rings. The normalized spacial score (nSPS) is 19.8. The fourth-order valence-corrected chi connectivity index (χ4v) is 6.80. The first-order valence-corrected chi connectivity index (χ1v) is 13.4. The van der Waals surface area contributed by atoms with Gasteiger partial charge in [0.05, 0.1) is 11.1 Å². The number of rotatable bonds is 3. The molecule has 1 amide bonds. The molecule has 0 unspecified atom stereocenters. The topological polar surface area (TPSA) is 58.4 Å². The van der Waals surface area contributed by atoms with Crippen molar-refractivity contribution in [2.75, 3.05) is 23.7 Å². The van der Waals surface area contributed by atoms with Crippen molar-refractivity contribution in [3.05, 3.63) is 64.6 Å². The number of carbonyl (C=O) groups is 1. The van der Waals surface area contributed by atoms with Crippen LogP contribution in [-0.2, 0) is 17.5 Å². The number of amides is 1. The van der Waals surface area contributed by atoms with Crippen LogP contribution in [0.1, 0.15) is 25.8 Å². The van der Waals surface area contributed by atoms with E-state index in [0.717, 1.165) is 30.0 Å². The average molecular weight is 565 g/mol. The summed E-state index contributed by atoms with van der Waals surface area (Å²) in [6, 6.07) is 2.70. The number of thioether (sulfide) groups is 1. The van der Waals surface area contributed by atoms with Crippen LogP contribution < -0.4 is 10.6 Å². The van der Waals surface area contributed by atoms with E-state index in [1.807, 2.05) is 0 Å². The fraction of sp³-hybridized carbons (Fsp3) is 0.370. The van der Waals surface area contributed by atoms with Crippen molar-refractivity contribution < 1.29 is 26.7 Å². The van der Waals surface area contributed by atoms with E-state index in [1.165, 1.54) is 10.6 Å². The molecule has 5 rings (SSSR count). The number of nitrogens with zero attached hydrogens (tertiary/aromatic N) is 4. The molecule has 3 aromatic rings. The molecule has 0 radical (unpaired) electrons. The van der Waals surface area contributed by atoms with Gasteiger partial charge in [-0.05, 0) is 50.3 Å². The number of alkyl halides is 3. The number of anilines is 1. The molecule has 206 valence electrons. The van der Waals surface area contributed by atoms with Crippen LogP contribution in [-0.4, -0.2) is 51.3 Å². The Bertz CT molecular complexity index is 1540. The predicted molar refractivity (Wildman–Crippen MR) is 140 cm³/mol. The Morgan fingerprint density at radius 3 is 2.46 bits per heavy atom. The van der Waals surface area contributed by atoms with Gasteiger partial charge >= 0.3 is 11.9 Å². The van der Waals surface area contributed by atoms with Gasteiger partial charge in [-0.1, -0.05) is 6.58 Å².